The highest BCUT2D eigenvalue weighted by molar-refractivity contribution is 5.77. The van der Waals surface area contributed by atoms with Gasteiger partial charge in [-0.1, -0.05) is 144 Å². The van der Waals surface area contributed by atoms with Crippen molar-refractivity contribution in [2.75, 3.05) is 26.7 Å². The van der Waals surface area contributed by atoms with E-state index in [0.29, 0.717) is 18.9 Å². The lowest BCUT2D eigenvalue weighted by Gasteiger charge is -2.55. The molecule has 0 bridgehead atoms. The van der Waals surface area contributed by atoms with Gasteiger partial charge in [-0.3, -0.25) is 9.59 Å². The summed E-state index contributed by atoms with van der Waals surface area (Å²) in [5, 5.41) is 0. The Morgan fingerprint density at radius 2 is 1.08 bits per heavy atom. The summed E-state index contributed by atoms with van der Waals surface area (Å²) in [5.41, 5.74) is -0.606. The van der Waals surface area contributed by atoms with Crippen molar-refractivity contribution in [1.82, 2.24) is 4.90 Å². The standard InChI is InChI=1S/C45H87NO4/c1-10-13-16-18-19-22-26-31-40(50-42(48)43(4,5)44(6,7)45(8)33-35-46(9)36-34-45)32-27-23-20-21-24-28-37-49-41(47)38-39(29-15-12-3)30-25-17-14-11-2/h39-40H,10-38H2,1-9H3. The molecule has 0 aromatic heterocycles. The average Bonchev–Trinajstić information content (AvgIpc) is 3.08. The zero-order valence-electron chi connectivity index (χ0n) is 35.2. The van der Waals surface area contributed by atoms with Gasteiger partial charge in [0.15, 0.2) is 0 Å². The third-order valence-electron chi connectivity index (χ3n) is 13.1. The van der Waals surface area contributed by atoms with Crippen LogP contribution in [0.3, 0.4) is 0 Å². The predicted octanol–water partition coefficient (Wildman–Crippen LogP) is 13.3. The largest absolute Gasteiger partial charge is 0.466 e. The summed E-state index contributed by atoms with van der Waals surface area (Å²) >= 11 is 0. The van der Waals surface area contributed by atoms with Crippen molar-refractivity contribution >= 4 is 11.9 Å². The molecule has 5 heteroatoms. The van der Waals surface area contributed by atoms with Crippen molar-refractivity contribution in [2.24, 2.45) is 22.2 Å². The molecule has 50 heavy (non-hydrogen) atoms. The van der Waals surface area contributed by atoms with Crippen LogP contribution in [0.1, 0.15) is 222 Å². The molecule has 5 nitrogen and oxygen atoms in total. The fourth-order valence-corrected chi connectivity index (χ4v) is 8.00. The maximum atomic E-state index is 14.0. The van der Waals surface area contributed by atoms with E-state index in [1.807, 2.05) is 0 Å². The highest BCUT2D eigenvalue weighted by Crippen LogP contribution is 2.56. The third kappa shape index (κ3) is 18.1. The number of carbonyl (C=O) groups is 2. The Morgan fingerprint density at radius 3 is 1.62 bits per heavy atom. The van der Waals surface area contributed by atoms with Gasteiger partial charge in [0.2, 0.25) is 0 Å². The molecule has 1 fully saturated rings. The molecule has 1 heterocycles. The molecule has 0 saturated carbocycles. The fraction of sp³-hybridized carbons (Fsp3) is 0.956. The number of hydrogen-bond acceptors (Lipinski definition) is 5. The summed E-state index contributed by atoms with van der Waals surface area (Å²) in [6, 6.07) is 0. The molecule has 1 aliphatic rings. The summed E-state index contributed by atoms with van der Waals surface area (Å²) in [6.45, 7) is 20.8. The highest BCUT2D eigenvalue weighted by Gasteiger charge is 2.55. The lowest BCUT2D eigenvalue weighted by Crippen LogP contribution is -2.54. The van der Waals surface area contributed by atoms with Gasteiger partial charge in [-0.15, -0.1) is 0 Å². The number of rotatable bonds is 31. The van der Waals surface area contributed by atoms with E-state index in [2.05, 4.69) is 67.3 Å². The van der Waals surface area contributed by atoms with Crippen LogP contribution in [0.25, 0.3) is 0 Å². The number of ether oxygens (including phenoxy) is 2. The van der Waals surface area contributed by atoms with Gasteiger partial charge in [0, 0.05) is 6.42 Å². The van der Waals surface area contributed by atoms with Crippen molar-refractivity contribution in [3.63, 3.8) is 0 Å². The van der Waals surface area contributed by atoms with E-state index < -0.39 is 5.41 Å². The summed E-state index contributed by atoms with van der Waals surface area (Å²) in [4.78, 5) is 28.9. The highest BCUT2D eigenvalue weighted by atomic mass is 16.5. The van der Waals surface area contributed by atoms with Crippen LogP contribution >= 0.6 is 0 Å². The van der Waals surface area contributed by atoms with Crippen molar-refractivity contribution < 1.29 is 19.1 Å². The quantitative estimate of drug-likeness (QED) is 0.0531. The Kier molecular flexibility index (Phi) is 25.0. The Bertz CT molecular complexity index is 859. The Labute approximate surface area is 312 Å². The monoisotopic (exact) mass is 706 g/mol. The summed E-state index contributed by atoms with van der Waals surface area (Å²) in [6.07, 6.45) is 30.3. The lowest BCUT2D eigenvalue weighted by molar-refractivity contribution is -0.177. The molecule has 1 saturated heterocycles. The van der Waals surface area contributed by atoms with Crippen LogP contribution in [-0.4, -0.2) is 49.7 Å². The zero-order valence-corrected chi connectivity index (χ0v) is 35.2. The van der Waals surface area contributed by atoms with Gasteiger partial charge < -0.3 is 14.4 Å². The minimum Gasteiger partial charge on any atom is -0.466 e. The van der Waals surface area contributed by atoms with Crippen molar-refractivity contribution in [1.29, 1.82) is 0 Å². The van der Waals surface area contributed by atoms with Gasteiger partial charge in [0.1, 0.15) is 6.10 Å². The third-order valence-corrected chi connectivity index (χ3v) is 13.1. The molecule has 296 valence electrons. The molecule has 0 N–H and O–H groups in total. The van der Waals surface area contributed by atoms with Crippen LogP contribution in [-0.2, 0) is 19.1 Å². The number of esters is 2. The van der Waals surface area contributed by atoms with Crippen LogP contribution in [0.4, 0.5) is 0 Å². The van der Waals surface area contributed by atoms with Gasteiger partial charge in [-0.25, -0.2) is 0 Å². The Morgan fingerprint density at radius 1 is 0.640 bits per heavy atom. The van der Waals surface area contributed by atoms with Gasteiger partial charge in [0.05, 0.1) is 12.0 Å². The molecular formula is C45H87NO4. The Hall–Kier alpha value is -1.10. The minimum atomic E-state index is -0.551. The summed E-state index contributed by atoms with van der Waals surface area (Å²) < 4.78 is 12.1. The number of likely N-dealkylation sites (tertiary alicyclic amines) is 1. The average molecular weight is 706 g/mol. The van der Waals surface area contributed by atoms with Gasteiger partial charge >= 0.3 is 11.9 Å². The van der Waals surface area contributed by atoms with Crippen molar-refractivity contribution in [3.05, 3.63) is 0 Å². The first-order valence-corrected chi connectivity index (χ1v) is 21.9. The molecule has 0 amide bonds. The first-order valence-electron chi connectivity index (χ1n) is 21.9. The van der Waals surface area contributed by atoms with Crippen LogP contribution < -0.4 is 0 Å². The van der Waals surface area contributed by atoms with Crippen LogP contribution in [0, 0.1) is 22.2 Å². The minimum absolute atomic E-state index is 0.00155. The number of carbonyl (C=O) groups excluding carboxylic acids is 2. The second-order valence-corrected chi connectivity index (χ2v) is 17.7. The van der Waals surface area contributed by atoms with E-state index in [4.69, 9.17) is 9.47 Å². The molecule has 1 aliphatic heterocycles. The molecule has 2 atom stereocenters. The Balaban J connectivity index is 2.51. The number of unbranched alkanes of at least 4 members (excludes halogenated alkanes) is 15. The van der Waals surface area contributed by atoms with E-state index in [-0.39, 0.29) is 28.9 Å². The molecule has 2 unspecified atom stereocenters. The molecular weight excluding hydrogens is 618 g/mol. The number of nitrogens with zero attached hydrogens (tertiary/aromatic N) is 1. The van der Waals surface area contributed by atoms with Crippen LogP contribution in [0.15, 0.2) is 0 Å². The summed E-state index contributed by atoms with van der Waals surface area (Å²) in [7, 11) is 2.21. The number of hydrogen-bond donors (Lipinski definition) is 0. The predicted molar refractivity (Wildman–Crippen MR) is 215 cm³/mol. The van der Waals surface area contributed by atoms with Gasteiger partial charge in [-0.05, 0) is 109 Å². The van der Waals surface area contributed by atoms with E-state index in [0.717, 1.165) is 70.9 Å². The SMILES string of the molecule is CCCCCCCCCC(CCCCCCCCOC(=O)CC(CCCC)CCCCCC)OC(=O)C(C)(C)C(C)(C)C1(C)CCN(C)CC1. The maximum Gasteiger partial charge on any atom is 0.312 e. The van der Waals surface area contributed by atoms with E-state index in [1.165, 1.54) is 103 Å². The first kappa shape index (κ1) is 46.9. The smallest absolute Gasteiger partial charge is 0.312 e. The topological polar surface area (TPSA) is 55.8 Å². The normalized spacial score (nSPS) is 16.7. The van der Waals surface area contributed by atoms with Crippen LogP contribution in [0.5, 0.6) is 0 Å². The van der Waals surface area contributed by atoms with E-state index in [1.54, 1.807) is 0 Å². The first-order chi connectivity index (χ1) is 23.8. The molecule has 0 aliphatic carbocycles. The van der Waals surface area contributed by atoms with E-state index in [9.17, 15) is 9.59 Å². The van der Waals surface area contributed by atoms with Crippen LogP contribution in [0.2, 0.25) is 0 Å². The molecule has 0 aromatic carbocycles. The second kappa shape index (κ2) is 26.6. The van der Waals surface area contributed by atoms with E-state index >= 15 is 0 Å². The maximum absolute atomic E-state index is 14.0. The zero-order chi connectivity index (χ0) is 37.3. The van der Waals surface area contributed by atoms with Gasteiger partial charge in [0.25, 0.3) is 0 Å². The summed E-state index contributed by atoms with van der Waals surface area (Å²) in [5.74, 6) is 0.502. The second-order valence-electron chi connectivity index (χ2n) is 17.7. The molecule has 0 spiro atoms. The van der Waals surface area contributed by atoms with Gasteiger partial charge in [-0.2, -0.15) is 0 Å². The molecule has 0 radical (unpaired) electrons. The lowest BCUT2D eigenvalue weighted by atomic mass is 9.51. The number of piperidine rings is 1. The van der Waals surface area contributed by atoms with Crippen molar-refractivity contribution in [2.45, 2.75) is 228 Å². The molecule has 1 rings (SSSR count). The van der Waals surface area contributed by atoms with Crippen molar-refractivity contribution in [3.8, 4) is 0 Å². The fourth-order valence-electron chi connectivity index (χ4n) is 8.00. The molecule has 0 aromatic rings.